The number of carbonyl (C=O) groups excluding carboxylic acids is 1. The molecule has 2 rings (SSSR count). The first-order valence-corrected chi connectivity index (χ1v) is 7.57. The Hall–Kier alpha value is -0.610. The summed E-state index contributed by atoms with van der Waals surface area (Å²) in [5.41, 5.74) is 0. The molecule has 4 heteroatoms. The fraction of sp³-hybridized carbons (Fsp3) is 0.929. The van der Waals surface area contributed by atoms with Crippen LogP contribution in [0.15, 0.2) is 0 Å². The van der Waals surface area contributed by atoms with E-state index in [9.17, 15) is 4.79 Å². The molecule has 0 aromatic rings. The van der Waals surface area contributed by atoms with Crippen molar-refractivity contribution in [3.63, 3.8) is 0 Å². The predicted octanol–water partition coefficient (Wildman–Crippen LogP) is 1.07. The van der Waals surface area contributed by atoms with Crippen LogP contribution in [0.3, 0.4) is 0 Å². The fourth-order valence-electron chi connectivity index (χ4n) is 2.87. The fourth-order valence-corrected chi connectivity index (χ4v) is 2.87. The Bertz CT molecular complexity index is 245. The van der Waals surface area contributed by atoms with Crippen molar-refractivity contribution in [2.75, 3.05) is 45.8 Å². The van der Waals surface area contributed by atoms with Crippen molar-refractivity contribution in [1.82, 2.24) is 15.1 Å². The zero-order chi connectivity index (χ0) is 12.6. The van der Waals surface area contributed by atoms with Crippen LogP contribution in [0.1, 0.15) is 38.5 Å². The first-order chi connectivity index (χ1) is 8.86. The van der Waals surface area contributed by atoms with Crippen molar-refractivity contribution in [1.29, 1.82) is 0 Å². The summed E-state index contributed by atoms with van der Waals surface area (Å²) < 4.78 is 0. The molecule has 1 N–H and O–H groups in total. The summed E-state index contributed by atoms with van der Waals surface area (Å²) in [6, 6.07) is 0. The molecule has 2 saturated heterocycles. The van der Waals surface area contributed by atoms with E-state index in [1.807, 2.05) is 4.90 Å². The van der Waals surface area contributed by atoms with Gasteiger partial charge in [0, 0.05) is 26.2 Å². The number of amides is 1. The molecule has 4 nitrogen and oxygen atoms in total. The van der Waals surface area contributed by atoms with Gasteiger partial charge in [-0.2, -0.15) is 0 Å². The van der Waals surface area contributed by atoms with Crippen molar-refractivity contribution in [3.05, 3.63) is 0 Å². The van der Waals surface area contributed by atoms with Crippen molar-refractivity contribution in [2.24, 2.45) is 0 Å². The van der Waals surface area contributed by atoms with Gasteiger partial charge in [-0.3, -0.25) is 4.79 Å². The Balaban J connectivity index is 1.52. The molecule has 2 heterocycles. The van der Waals surface area contributed by atoms with Crippen molar-refractivity contribution < 1.29 is 4.79 Å². The van der Waals surface area contributed by atoms with Crippen LogP contribution in [-0.2, 0) is 4.79 Å². The molecule has 2 aliphatic rings. The lowest BCUT2D eigenvalue weighted by Crippen LogP contribution is -2.43. The van der Waals surface area contributed by atoms with Crippen LogP contribution in [0, 0.1) is 0 Å². The zero-order valence-corrected chi connectivity index (χ0v) is 11.5. The summed E-state index contributed by atoms with van der Waals surface area (Å²) in [6.07, 6.45) is 7.71. The Morgan fingerprint density at radius 1 is 0.889 bits per heavy atom. The SMILES string of the molecule is O=C(CNCCN1CCCCC1)N1CCCCC1. The van der Waals surface area contributed by atoms with E-state index in [-0.39, 0.29) is 5.91 Å². The average Bonchev–Trinajstić information content (AvgIpc) is 2.45. The highest BCUT2D eigenvalue weighted by Crippen LogP contribution is 2.08. The lowest BCUT2D eigenvalue weighted by Gasteiger charge is -2.28. The third-order valence-electron chi connectivity index (χ3n) is 4.04. The first-order valence-electron chi connectivity index (χ1n) is 7.57. The molecule has 2 fully saturated rings. The van der Waals surface area contributed by atoms with Crippen LogP contribution in [0.4, 0.5) is 0 Å². The largest absolute Gasteiger partial charge is 0.342 e. The molecule has 0 atom stereocenters. The van der Waals surface area contributed by atoms with E-state index in [0.29, 0.717) is 6.54 Å². The van der Waals surface area contributed by atoms with Gasteiger partial charge in [0.25, 0.3) is 0 Å². The van der Waals surface area contributed by atoms with Crippen LogP contribution in [0.25, 0.3) is 0 Å². The van der Waals surface area contributed by atoms with E-state index in [0.717, 1.165) is 26.2 Å². The molecule has 0 unspecified atom stereocenters. The van der Waals surface area contributed by atoms with Gasteiger partial charge in [-0.05, 0) is 45.2 Å². The summed E-state index contributed by atoms with van der Waals surface area (Å²) in [5.74, 6) is 0.286. The second kappa shape index (κ2) is 7.74. The molecular formula is C14H27N3O. The molecule has 0 saturated carbocycles. The van der Waals surface area contributed by atoms with Crippen molar-refractivity contribution in [2.45, 2.75) is 38.5 Å². The van der Waals surface area contributed by atoms with E-state index in [1.165, 1.54) is 51.6 Å². The second-order valence-corrected chi connectivity index (χ2v) is 5.52. The van der Waals surface area contributed by atoms with Crippen LogP contribution < -0.4 is 5.32 Å². The number of likely N-dealkylation sites (tertiary alicyclic amines) is 2. The van der Waals surface area contributed by atoms with Gasteiger partial charge in [-0.1, -0.05) is 6.42 Å². The standard InChI is InChI=1S/C14H27N3O/c18-14(17-10-5-2-6-11-17)13-15-7-12-16-8-3-1-4-9-16/h15H,1-13H2. The molecule has 18 heavy (non-hydrogen) atoms. The van der Waals surface area contributed by atoms with Gasteiger partial charge in [-0.25, -0.2) is 0 Å². The number of nitrogens with one attached hydrogen (secondary N) is 1. The molecule has 0 radical (unpaired) electrons. The maximum Gasteiger partial charge on any atom is 0.236 e. The van der Waals surface area contributed by atoms with E-state index < -0.39 is 0 Å². The lowest BCUT2D eigenvalue weighted by molar-refractivity contribution is -0.131. The molecule has 1 amide bonds. The number of piperidine rings is 2. The minimum Gasteiger partial charge on any atom is -0.342 e. The van der Waals surface area contributed by atoms with E-state index in [1.54, 1.807) is 0 Å². The van der Waals surface area contributed by atoms with Crippen molar-refractivity contribution in [3.8, 4) is 0 Å². The Kier molecular flexibility index (Phi) is 5.94. The van der Waals surface area contributed by atoms with Crippen LogP contribution >= 0.6 is 0 Å². The molecule has 0 bridgehead atoms. The Morgan fingerprint density at radius 3 is 2.17 bits per heavy atom. The maximum atomic E-state index is 11.9. The highest BCUT2D eigenvalue weighted by Gasteiger charge is 2.15. The molecule has 0 aromatic heterocycles. The minimum absolute atomic E-state index is 0.286. The third-order valence-corrected chi connectivity index (χ3v) is 4.04. The smallest absolute Gasteiger partial charge is 0.236 e. The summed E-state index contributed by atoms with van der Waals surface area (Å²) in [4.78, 5) is 16.4. The highest BCUT2D eigenvalue weighted by atomic mass is 16.2. The normalized spacial score (nSPS) is 22.1. The molecule has 104 valence electrons. The average molecular weight is 253 g/mol. The monoisotopic (exact) mass is 253 g/mol. The highest BCUT2D eigenvalue weighted by molar-refractivity contribution is 5.78. The molecule has 0 spiro atoms. The maximum absolute atomic E-state index is 11.9. The van der Waals surface area contributed by atoms with E-state index in [4.69, 9.17) is 0 Å². The Morgan fingerprint density at radius 2 is 1.50 bits per heavy atom. The van der Waals surface area contributed by atoms with Crippen LogP contribution in [0.2, 0.25) is 0 Å². The molecule has 0 aromatic carbocycles. The molecule has 2 aliphatic heterocycles. The van der Waals surface area contributed by atoms with Gasteiger partial charge in [0.2, 0.25) is 5.91 Å². The van der Waals surface area contributed by atoms with Gasteiger partial charge in [0.1, 0.15) is 0 Å². The summed E-state index contributed by atoms with van der Waals surface area (Å²) in [5, 5.41) is 3.30. The van der Waals surface area contributed by atoms with Gasteiger partial charge in [0.15, 0.2) is 0 Å². The number of hydrogen-bond acceptors (Lipinski definition) is 3. The minimum atomic E-state index is 0.286. The van der Waals surface area contributed by atoms with Gasteiger partial charge >= 0.3 is 0 Å². The van der Waals surface area contributed by atoms with E-state index >= 15 is 0 Å². The third kappa shape index (κ3) is 4.58. The predicted molar refractivity (Wildman–Crippen MR) is 73.6 cm³/mol. The van der Waals surface area contributed by atoms with Crippen LogP contribution in [-0.4, -0.2) is 61.5 Å². The van der Waals surface area contributed by atoms with Gasteiger partial charge in [-0.15, -0.1) is 0 Å². The lowest BCUT2D eigenvalue weighted by atomic mass is 10.1. The zero-order valence-electron chi connectivity index (χ0n) is 11.5. The second-order valence-electron chi connectivity index (χ2n) is 5.52. The number of nitrogens with zero attached hydrogens (tertiary/aromatic N) is 2. The number of carbonyl (C=O) groups is 1. The molecular weight excluding hydrogens is 226 g/mol. The first kappa shape index (κ1) is 13.8. The Labute approximate surface area is 111 Å². The number of hydrogen-bond donors (Lipinski definition) is 1. The molecule has 0 aliphatic carbocycles. The number of rotatable bonds is 5. The van der Waals surface area contributed by atoms with Crippen LogP contribution in [0.5, 0.6) is 0 Å². The van der Waals surface area contributed by atoms with Gasteiger partial charge < -0.3 is 15.1 Å². The summed E-state index contributed by atoms with van der Waals surface area (Å²) in [7, 11) is 0. The topological polar surface area (TPSA) is 35.6 Å². The summed E-state index contributed by atoms with van der Waals surface area (Å²) >= 11 is 0. The van der Waals surface area contributed by atoms with E-state index in [2.05, 4.69) is 10.2 Å². The van der Waals surface area contributed by atoms with Gasteiger partial charge in [0.05, 0.1) is 6.54 Å². The van der Waals surface area contributed by atoms with Crippen molar-refractivity contribution >= 4 is 5.91 Å². The summed E-state index contributed by atoms with van der Waals surface area (Å²) in [6.45, 7) is 6.96. The quantitative estimate of drug-likeness (QED) is 0.745.